The summed E-state index contributed by atoms with van der Waals surface area (Å²) in [6.45, 7) is 0.642. The third-order valence-electron chi connectivity index (χ3n) is 3.91. The number of aliphatic hydroxyl groups excluding tert-OH is 1. The Kier molecular flexibility index (Phi) is 5.35. The summed E-state index contributed by atoms with van der Waals surface area (Å²) in [4.78, 5) is 15.7. The minimum Gasteiger partial charge on any atom is -0.482 e. The summed E-state index contributed by atoms with van der Waals surface area (Å²) in [5, 5.41) is 12.4. The Morgan fingerprint density at radius 2 is 2.20 bits per heavy atom. The fraction of sp³-hybridized carbons (Fsp3) is 0.600. The van der Waals surface area contributed by atoms with Crippen LogP contribution in [-0.2, 0) is 4.79 Å². The molecule has 0 aromatic carbocycles. The lowest BCUT2D eigenvalue weighted by molar-refractivity contribution is -0.123. The number of nitrogens with one attached hydrogen (secondary N) is 1. The maximum Gasteiger partial charge on any atom is 0.257 e. The van der Waals surface area contributed by atoms with Gasteiger partial charge in [0.1, 0.15) is 5.75 Å². The van der Waals surface area contributed by atoms with Crippen molar-refractivity contribution in [3.63, 3.8) is 0 Å². The van der Waals surface area contributed by atoms with Crippen molar-refractivity contribution in [2.45, 2.75) is 32.1 Å². The summed E-state index contributed by atoms with van der Waals surface area (Å²) in [6.07, 6.45) is 8.66. The smallest absolute Gasteiger partial charge is 0.257 e. The van der Waals surface area contributed by atoms with Gasteiger partial charge in [0.2, 0.25) is 0 Å². The van der Waals surface area contributed by atoms with Gasteiger partial charge < -0.3 is 15.2 Å². The molecule has 1 aromatic rings. The maximum atomic E-state index is 11.8. The zero-order chi connectivity index (χ0) is 14.3. The molecule has 1 aromatic heterocycles. The Labute approximate surface area is 119 Å². The largest absolute Gasteiger partial charge is 0.482 e. The summed E-state index contributed by atoms with van der Waals surface area (Å²) < 4.78 is 5.34. The summed E-state index contributed by atoms with van der Waals surface area (Å²) in [7, 11) is 0. The lowest BCUT2D eigenvalue weighted by atomic mass is 9.74. The van der Waals surface area contributed by atoms with Crippen molar-refractivity contribution in [3.05, 3.63) is 24.5 Å². The molecule has 110 valence electrons. The minimum atomic E-state index is -0.160. The number of carbonyl (C=O) groups is 1. The van der Waals surface area contributed by atoms with Crippen LogP contribution < -0.4 is 10.1 Å². The van der Waals surface area contributed by atoms with E-state index in [0.29, 0.717) is 12.3 Å². The van der Waals surface area contributed by atoms with Crippen molar-refractivity contribution in [2.24, 2.45) is 5.41 Å². The molecule has 0 bridgehead atoms. The van der Waals surface area contributed by atoms with Gasteiger partial charge in [-0.2, -0.15) is 0 Å². The number of pyridine rings is 1. The van der Waals surface area contributed by atoms with E-state index in [1.165, 1.54) is 6.42 Å². The fourth-order valence-corrected chi connectivity index (χ4v) is 2.61. The Balaban J connectivity index is 1.74. The van der Waals surface area contributed by atoms with E-state index in [1.807, 2.05) is 0 Å². The second-order valence-electron chi connectivity index (χ2n) is 5.47. The van der Waals surface area contributed by atoms with Crippen LogP contribution in [0.3, 0.4) is 0 Å². The van der Waals surface area contributed by atoms with Crippen molar-refractivity contribution in [1.29, 1.82) is 0 Å². The standard InChI is InChI=1S/C15H22N2O3/c18-12-15(6-2-1-3-7-15)11-17-14(19)10-20-13-5-4-8-16-9-13/h4-5,8-9,18H,1-3,6-7,10-12H2,(H,17,19). The molecule has 20 heavy (non-hydrogen) atoms. The van der Waals surface area contributed by atoms with Gasteiger partial charge in [0, 0.05) is 18.2 Å². The third kappa shape index (κ3) is 4.20. The SMILES string of the molecule is O=C(COc1cccnc1)NCC1(CO)CCCCC1. The molecule has 1 saturated carbocycles. The number of ether oxygens (including phenoxy) is 1. The highest BCUT2D eigenvalue weighted by molar-refractivity contribution is 5.77. The van der Waals surface area contributed by atoms with Gasteiger partial charge in [-0.1, -0.05) is 19.3 Å². The molecule has 1 aliphatic rings. The summed E-state index contributed by atoms with van der Waals surface area (Å²) in [6, 6.07) is 3.52. The van der Waals surface area contributed by atoms with Crippen LogP contribution in [0.5, 0.6) is 5.75 Å². The number of nitrogens with zero attached hydrogens (tertiary/aromatic N) is 1. The number of aromatic nitrogens is 1. The van der Waals surface area contributed by atoms with Crippen molar-refractivity contribution >= 4 is 5.91 Å². The van der Waals surface area contributed by atoms with Gasteiger partial charge in [0.05, 0.1) is 12.8 Å². The van der Waals surface area contributed by atoms with E-state index < -0.39 is 0 Å². The topological polar surface area (TPSA) is 71.5 Å². The van der Waals surface area contributed by atoms with Crippen molar-refractivity contribution in [1.82, 2.24) is 10.3 Å². The summed E-state index contributed by atoms with van der Waals surface area (Å²) in [5.41, 5.74) is -0.137. The van der Waals surface area contributed by atoms with E-state index in [-0.39, 0.29) is 24.5 Å². The maximum absolute atomic E-state index is 11.8. The summed E-state index contributed by atoms with van der Waals surface area (Å²) in [5.74, 6) is 0.421. The van der Waals surface area contributed by atoms with E-state index in [1.54, 1.807) is 24.5 Å². The zero-order valence-electron chi connectivity index (χ0n) is 11.7. The van der Waals surface area contributed by atoms with E-state index in [2.05, 4.69) is 10.3 Å². The van der Waals surface area contributed by atoms with E-state index in [4.69, 9.17) is 4.74 Å². The van der Waals surface area contributed by atoms with E-state index in [9.17, 15) is 9.90 Å². The average molecular weight is 278 g/mol. The molecule has 1 aliphatic carbocycles. The van der Waals surface area contributed by atoms with Crippen LogP contribution in [0, 0.1) is 5.41 Å². The molecule has 2 rings (SSSR count). The highest BCUT2D eigenvalue weighted by Crippen LogP contribution is 2.35. The first-order valence-electron chi connectivity index (χ1n) is 7.14. The predicted octanol–water partition coefficient (Wildman–Crippen LogP) is 1.52. The molecule has 5 nitrogen and oxygen atoms in total. The van der Waals surface area contributed by atoms with Crippen LogP contribution in [0.2, 0.25) is 0 Å². The molecule has 0 atom stereocenters. The first kappa shape index (κ1) is 14.8. The van der Waals surface area contributed by atoms with Gasteiger partial charge in [-0.15, -0.1) is 0 Å². The normalized spacial score (nSPS) is 17.4. The van der Waals surface area contributed by atoms with E-state index >= 15 is 0 Å². The Hall–Kier alpha value is -1.62. The number of carbonyl (C=O) groups excluding carboxylic acids is 1. The monoisotopic (exact) mass is 278 g/mol. The van der Waals surface area contributed by atoms with Crippen molar-refractivity contribution < 1.29 is 14.6 Å². The molecule has 1 fully saturated rings. The molecule has 0 aliphatic heterocycles. The first-order chi connectivity index (χ1) is 9.74. The third-order valence-corrected chi connectivity index (χ3v) is 3.91. The van der Waals surface area contributed by atoms with Gasteiger partial charge in [0.15, 0.2) is 6.61 Å². The lowest BCUT2D eigenvalue weighted by Crippen LogP contribution is -2.42. The number of amides is 1. The Morgan fingerprint density at radius 1 is 1.40 bits per heavy atom. The van der Waals surface area contributed by atoms with Crippen LogP contribution in [0.25, 0.3) is 0 Å². The molecule has 0 saturated heterocycles. The van der Waals surface area contributed by atoms with Gasteiger partial charge in [-0.3, -0.25) is 9.78 Å². The molecule has 0 unspecified atom stereocenters. The molecule has 5 heteroatoms. The lowest BCUT2D eigenvalue weighted by Gasteiger charge is -2.35. The van der Waals surface area contributed by atoms with Crippen LogP contribution >= 0.6 is 0 Å². The van der Waals surface area contributed by atoms with Gasteiger partial charge in [-0.05, 0) is 25.0 Å². The Bertz CT molecular complexity index is 416. The number of hydrogen-bond acceptors (Lipinski definition) is 4. The van der Waals surface area contributed by atoms with Gasteiger partial charge >= 0.3 is 0 Å². The minimum absolute atomic E-state index is 0.0206. The molecule has 1 heterocycles. The first-order valence-corrected chi connectivity index (χ1v) is 7.14. The second-order valence-corrected chi connectivity index (χ2v) is 5.47. The zero-order valence-corrected chi connectivity index (χ0v) is 11.7. The molecule has 1 amide bonds. The molecular weight excluding hydrogens is 256 g/mol. The van der Waals surface area contributed by atoms with Crippen LogP contribution in [-0.4, -0.2) is 35.8 Å². The van der Waals surface area contributed by atoms with Gasteiger partial charge in [0.25, 0.3) is 5.91 Å². The number of aliphatic hydroxyl groups is 1. The molecule has 0 radical (unpaired) electrons. The van der Waals surface area contributed by atoms with Crippen molar-refractivity contribution in [2.75, 3.05) is 19.8 Å². The quantitative estimate of drug-likeness (QED) is 0.827. The average Bonchev–Trinajstić information content (AvgIpc) is 2.53. The highest BCUT2D eigenvalue weighted by Gasteiger charge is 2.31. The van der Waals surface area contributed by atoms with Crippen molar-refractivity contribution in [3.8, 4) is 5.75 Å². The number of hydrogen-bond donors (Lipinski definition) is 2. The molecular formula is C15H22N2O3. The molecule has 2 N–H and O–H groups in total. The fourth-order valence-electron chi connectivity index (χ4n) is 2.61. The molecule has 0 spiro atoms. The predicted molar refractivity (Wildman–Crippen MR) is 75.3 cm³/mol. The number of rotatable bonds is 6. The van der Waals surface area contributed by atoms with Gasteiger partial charge in [-0.25, -0.2) is 0 Å². The highest BCUT2D eigenvalue weighted by atomic mass is 16.5. The Morgan fingerprint density at radius 3 is 2.85 bits per heavy atom. The van der Waals surface area contributed by atoms with Crippen LogP contribution in [0.15, 0.2) is 24.5 Å². The van der Waals surface area contributed by atoms with Crippen LogP contribution in [0.4, 0.5) is 0 Å². The van der Waals surface area contributed by atoms with Crippen LogP contribution in [0.1, 0.15) is 32.1 Å². The van der Waals surface area contributed by atoms with E-state index in [0.717, 1.165) is 25.7 Å². The summed E-state index contributed by atoms with van der Waals surface area (Å²) >= 11 is 0. The second kappa shape index (κ2) is 7.24.